The average Bonchev–Trinajstić information content (AvgIpc) is 2.29. The highest BCUT2D eigenvalue weighted by molar-refractivity contribution is 5.86. The Morgan fingerprint density at radius 1 is 1.11 bits per heavy atom. The number of ether oxygens (including phenoxy) is 1. The first-order chi connectivity index (χ1) is 8.52. The zero-order chi connectivity index (χ0) is 14.0. The van der Waals surface area contributed by atoms with Crippen molar-refractivity contribution in [1.82, 2.24) is 0 Å². The molecule has 0 bridgehead atoms. The summed E-state index contributed by atoms with van der Waals surface area (Å²) < 4.78 is 4.73. The Kier molecular flexibility index (Phi) is 9.56. The fourth-order valence-electron chi connectivity index (χ4n) is 1.82. The van der Waals surface area contributed by atoms with E-state index in [1.807, 2.05) is 0 Å². The van der Waals surface area contributed by atoms with Crippen LogP contribution in [0.3, 0.4) is 0 Å². The third-order valence-electron chi connectivity index (χ3n) is 3.02. The van der Waals surface area contributed by atoms with Crippen LogP contribution in [0.1, 0.15) is 65.7 Å². The molecule has 0 saturated carbocycles. The maximum atomic E-state index is 11.6. The van der Waals surface area contributed by atoms with Crippen LogP contribution in [-0.2, 0) is 14.3 Å². The zero-order valence-electron chi connectivity index (χ0n) is 11.8. The van der Waals surface area contributed by atoms with E-state index in [0.29, 0.717) is 6.42 Å². The minimum Gasteiger partial charge on any atom is -0.393 e. The normalized spacial score (nSPS) is 14.0. The minimum atomic E-state index is -0.778. The first-order valence-corrected chi connectivity index (χ1v) is 6.95. The molecule has 0 spiro atoms. The van der Waals surface area contributed by atoms with E-state index in [0.717, 1.165) is 25.7 Å². The van der Waals surface area contributed by atoms with Crippen molar-refractivity contribution in [3.63, 3.8) is 0 Å². The SMILES string of the molecule is CCCCCCCC(=O)OC(=O)C(CC)C(C)O. The molecule has 2 atom stereocenters. The van der Waals surface area contributed by atoms with Crippen molar-refractivity contribution >= 4 is 11.9 Å². The molecule has 0 rings (SSSR count). The molecule has 0 radical (unpaired) electrons. The van der Waals surface area contributed by atoms with Crippen LogP contribution in [0.4, 0.5) is 0 Å². The van der Waals surface area contributed by atoms with Crippen molar-refractivity contribution in [3.8, 4) is 0 Å². The third kappa shape index (κ3) is 7.43. The van der Waals surface area contributed by atoms with E-state index < -0.39 is 24.0 Å². The van der Waals surface area contributed by atoms with Gasteiger partial charge in [0.1, 0.15) is 0 Å². The lowest BCUT2D eigenvalue weighted by atomic mass is 10.0. The van der Waals surface area contributed by atoms with E-state index in [1.165, 1.54) is 13.3 Å². The molecule has 2 unspecified atom stereocenters. The number of hydrogen-bond acceptors (Lipinski definition) is 4. The van der Waals surface area contributed by atoms with Gasteiger partial charge in [0.2, 0.25) is 0 Å². The summed E-state index contributed by atoms with van der Waals surface area (Å²) in [5, 5.41) is 9.36. The number of esters is 2. The first-order valence-electron chi connectivity index (χ1n) is 6.95. The Labute approximate surface area is 110 Å². The highest BCUT2D eigenvalue weighted by atomic mass is 16.6. The van der Waals surface area contributed by atoms with Gasteiger partial charge in [0.25, 0.3) is 0 Å². The molecule has 0 aliphatic heterocycles. The minimum absolute atomic E-state index is 0.283. The fraction of sp³-hybridized carbons (Fsp3) is 0.857. The van der Waals surface area contributed by atoms with Gasteiger partial charge in [-0.15, -0.1) is 0 Å². The summed E-state index contributed by atoms with van der Waals surface area (Å²) in [5.74, 6) is -1.68. The number of aliphatic hydroxyl groups excluding tert-OH is 1. The Hall–Kier alpha value is -0.900. The summed E-state index contributed by atoms with van der Waals surface area (Å²) in [5.41, 5.74) is 0. The lowest BCUT2D eigenvalue weighted by Gasteiger charge is -2.15. The summed E-state index contributed by atoms with van der Waals surface area (Å²) in [4.78, 5) is 23.0. The number of unbranched alkanes of at least 4 members (excludes halogenated alkanes) is 4. The van der Waals surface area contributed by atoms with Gasteiger partial charge in [-0.25, -0.2) is 0 Å². The largest absolute Gasteiger partial charge is 0.393 e. The van der Waals surface area contributed by atoms with Crippen LogP contribution >= 0.6 is 0 Å². The van der Waals surface area contributed by atoms with Crippen molar-refractivity contribution < 1.29 is 19.4 Å². The van der Waals surface area contributed by atoms with Gasteiger partial charge in [-0.2, -0.15) is 0 Å². The standard InChI is InChI=1S/C14H26O4/c1-4-6-7-8-9-10-13(16)18-14(17)12(5-2)11(3)15/h11-12,15H,4-10H2,1-3H3. The number of aliphatic hydroxyl groups is 1. The van der Waals surface area contributed by atoms with Gasteiger partial charge in [-0.05, 0) is 19.8 Å². The number of rotatable bonds is 9. The molecule has 4 heteroatoms. The molecule has 0 aromatic carbocycles. The summed E-state index contributed by atoms with van der Waals surface area (Å²) in [6.07, 6.45) is 5.18. The van der Waals surface area contributed by atoms with Crippen LogP contribution in [-0.4, -0.2) is 23.1 Å². The summed E-state index contributed by atoms with van der Waals surface area (Å²) in [6.45, 7) is 5.45. The summed E-state index contributed by atoms with van der Waals surface area (Å²) in [7, 11) is 0. The van der Waals surface area contributed by atoms with E-state index in [-0.39, 0.29) is 6.42 Å². The van der Waals surface area contributed by atoms with Crippen LogP contribution in [0.2, 0.25) is 0 Å². The van der Waals surface area contributed by atoms with E-state index in [9.17, 15) is 14.7 Å². The Morgan fingerprint density at radius 3 is 2.22 bits per heavy atom. The summed E-state index contributed by atoms with van der Waals surface area (Å²) >= 11 is 0. The van der Waals surface area contributed by atoms with Gasteiger partial charge in [-0.3, -0.25) is 9.59 Å². The molecule has 106 valence electrons. The predicted molar refractivity (Wildman–Crippen MR) is 69.9 cm³/mol. The van der Waals surface area contributed by atoms with Crippen LogP contribution in [0.15, 0.2) is 0 Å². The topological polar surface area (TPSA) is 63.6 Å². The molecule has 0 aliphatic carbocycles. The Morgan fingerprint density at radius 2 is 1.72 bits per heavy atom. The predicted octanol–water partition coefficient (Wildman–Crippen LogP) is 2.82. The smallest absolute Gasteiger partial charge is 0.319 e. The Bertz CT molecular complexity index is 248. The van der Waals surface area contributed by atoms with E-state index in [4.69, 9.17) is 4.74 Å². The molecule has 18 heavy (non-hydrogen) atoms. The molecule has 4 nitrogen and oxygen atoms in total. The lowest BCUT2D eigenvalue weighted by molar-refractivity contribution is -0.165. The van der Waals surface area contributed by atoms with Crippen molar-refractivity contribution in [1.29, 1.82) is 0 Å². The third-order valence-corrected chi connectivity index (χ3v) is 3.02. The molecule has 0 heterocycles. The van der Waals surface area contributed by atoms with Crippen molar-refractivity contribution in [2.24, 2.45) is 5.92 Å². The molecule has 0 amide bonds. The monoisotopic (exact) mass is 258 g/mol. The quantitative estimate of drug-likeness (QED) is 0.392. The number of carbonyl (C=O) groups is 2. The van der Waals surface area contributed by atoms with E-state index in [1.54, 1.807) is 6.92 Å². The van der Waals surface area contributed by atoms with Crippen LogP contribution in [0.5, 0.6) is 0 Å². The molecule has 0 aromatic rings. The van der Waals surface area contributed by atoms with Gasteiger partial charge >= 0.3 is 11.9 Å². The fourth-order valence-corrected chi connectivity index (χ4v) is 1.82. The van der Waals surface area contributed by atoms with Gasteiger partial charge < -0.3 is 9.84 Å². The molecule has 1 N–H and O–H groups in total. The van der Waals surface area contributed by atoms with E-state index in [2.05, 4.69) is 6.92 Å². The van der Waals surface area contributed by atoms with Gasteiger partial charge in [-0.1, -0.05) is 39.5 Å². The molecular formula is C14H26O4. The first kappa shape index (κ1) is 17.1. The van der Waals surface area contributed by atoms with Crippen molar-refractivity contribution in [3.05, 3.63) is 0 Å². The maximum absolute atomic E-state index is 11.6. The molecule has 0 aromatic heterocycles. The highest BCUT2D eigenvalue weighted by Crippen LogP contribution is 2.12. The molecule has 0 aliphatic rings. The summed E-state index contributed by atoms with van der Waals surface area (Å²) in [6, 6.07) is 0. The number of carbonyl (C=O) groups excluding carboxylic acids is 2. The van der Waals surface area contributed by atoms with Gasteiger partial charge in [0.15, 0.2) is 0 Å². The second kappa shape index (κ2) is 10.1. The van der Waals surface area contributed by atoms with Crippen LogP contribution in [0.25, 0.3) is 0 Å². The van der Waals surface area contributed by atoms with Gasteiger partial charge in [0.05, 0.1) is 12.0 Å². The van der Waals surface area contributed by atoms with Gasteiger partial charge in [0, 0.05) is 6.42 Å². The van der Waals surface area contributed by atoms with Crippen molar-refractivity contribution in [2.45, 2.75) is 71.8 Å². The Balaban J connectivity index is 3.83. The maximum Gasteiger partial charge on any atom is 0.319 e. The molecular weight excluding hydrogens is 232 g/mol. The van der Waals surface area contributed by atoms with Crippen molar-refractivity contribution in [2.75, 3.05) is 0 Å². The second-order valence-electron chi connectivity index (χ2n) is 4.71. The second-order valence-corrected chi connectivity index (χ2v) is 4.71. The van der Waals surface area contributed by atoms with Crippen LogP contribution in [0, 0.1) is 5.92 Å². The van der Waals surface area contributed by atoms with Crippen LogP contribution < -0.4 is 0 Å². The average molecular weight is 258 g/mol. The highest BCUT2D eigenvalue weighted by Gasteiger charge is 2.25. The molecule has 0 fully saturated rings. The van der Waals surface area contributed by atoms with E-state index >= 15 is 0 Å². The zero-order valence-corrected chi connectivity index (χ0v) is 11.8. The molecule has 0 saturated heterocycles. The number of hydrogen-bond donors (Lipinski definition) is 1. The lowest BCUT2D eigenvalue weighted by Crippen LogP contribution is -2.29.